The van der Waals surface area contributed by atoms with Crippen molar-refractivity contribution in [2.24, 2.45) is 0 Å². The number of aryl methyl sites for hydroxylation is 1. The van der Waals surface area contributed by atoms with E-state index in [4.69, 9.17) is 0 Å². The third-order valence-corrected chi connectivity index (χ3v) is 4.58. The normalized spacial score (nSPS) is 23.4. The standard InChI is InChI=1S/C16H22N2O2/c1-12-5-4-6-14(15(12)19)16(20)18-10-7-13(11-18)17-8-2-3-9-17/h4-6,13,19H,2-3,7-11H2,1H3. The lowest BCUT2D eigenvalue weighted by atomic mass is 10.1. The zero-order chi connectivity index (χ0) is 14.1. The van der Waals surface area contributed by atoms with Gasteiger partial charge >= 0.3 is 0 Å². The number of hydrogen-bond donors (Lipinski definition) is 1. The topological polar surface area (TPSA) is 43.8 Å². The van der Waals surface area contributed by atoms with Gasteiger partial charge in [-0.1, -0.05) is 12.1 Å². The molecule has 0 saturated carbocycles. The molecule has 2 fully saturated rings. The third-order valence-electron chi connectivity index (χ3n) is 4.58. The van der Waals surface area contributed by atoms with Gasteiger partial charge in [0, 0.05) is 19.1 Å². The Morgan fingerprint density at radius 1 is 1.25 bits per heavy atom. The number of para-hydroxylation sites is 1. The van der Waals surface area contributed by atoms with E-state index in [1.807, 2.05) is 24.0 Å². The second kappa shape index (κ2) is 5.44. The molecule has 1 aromatic rings. The maximum Gasteiger partial charge on any atom is 0.257 e. The van der Waals surface area contributed by atoms with E-state index in [1.165, 1.54) is 25.9 Å². The number of carbonyl (C=O) groups is 1. The summed E-state index contributed by atoms with van der Waals surface area (Å²) in [6, 6.07) is 5.88. The van der Waals surface area contributed by atoms with Gasteiger partial charge in [0.2, 0.25) is 0 Å². The minimum absolute atomic E-state index is 0.0344. The Labute approximate surface area is 120 Å². The number of rotatable bonds is 2. The van der Waals surface area contributed by atoms with Crippen LogP contribution in [0.15, 0.2) is 18.2 Å². The molecule has 1 amide bonds. The molecule has 108 valence electrons. The Hall–Kier alpha value is -1.55. The molecule has 1 N–H and O–H groups in total. The zero-order valence-electron chi connectivity index (χ0n) is 12.0. The van der Waals surface area contributed by atoms with Crippen molar-refractivity contribution in [1.82, 2.24) is 9.80 Å². The van der Waals surface area contributed by atoms with Crippen LogP contribution in [0.1, 0.15) is 35.2 Å². The van der Waals surface area contributed by atoms with Crippen molar-refractivity contribution in [3.8, 4) is 5.75 Å². The minimum atomic E-state index is -0.0344. The first-order chi connectivity index (χ1) is 9.66. The Balaban J connectivity index is 1.70. The summed E-state index contributed by atoms with van der Waals surface area (Å²) in [6.45, 7) is 5.76. The predicted molar refractivity (Wildman–Crippen MR) is 78.0 cm³/mol. The van der Waals surface area contributed by atoms with Crippen molar-refractivity contribution in [3.05, 3.63) is 29.3 Å². The predicted octanol–water partition coefficient (Wildman–Crippen LogP) is 2.01. The fourth-order valence-corrected chi connectivity index (χ4v) is 3.33. The van der Waals surface area contributed by atoms with Gasteiger partial charge in [-0.3, -0.25) is 9.69 Å². The van der Waals surface area contributed by atoms with Crippen LogP contribution in [-0.4, -0.2) is 53.0 Å². The van der Waals surface area contributed by atoms with Crippen LogP contribution in [0.4, 0.5) is 0 Å². The van der Waals surface area contributed by atoms with Gasteiger partial charge in [-0.15, -0.1) is 0 Å². The van der Waals surface area contributed by atoms with Crippen molar-refractivity contribution in [3.63, 3.8) is 0 Å². The maximum absolute atomic E-state index is 12.5. The number of benzene rings is 1. The van der Waals surface area contributed by atoms with Crippen LogP contribution in [0.3, 0.4) is 0 Å². The SMILES string of the molecule is Cc1cccc(C(=O)N2CCC(N3CCCC3)C2)c1O. The van der Waals surface area contributed by atoms with Crippen LogP contribution in [0.2, 0.25) is 0 Å². The minimum Gasteiger partial charge on any atom is -0.507 e. The van der Waals surface area contributed by atoms with Gasteiger partial charge in [0.15, 0.2) is 0 Å². The number of amides is 1. The fourth-order valence-electron chi connectivity index (χ4n) is 3.33. The second-order valence-electron chi connectivity index (χ2n) is 5.91. The van der Waals surface area contributed by atoms with Gasteiger partial charge in [-0.05, 0) is 50.9 Å². The summed E-state index contributed by atoms with van der Waals surface area (Å²) in [5.74, 6) is 0.0926. The van der Waals surface area contributed by atoms with E-state index in [9.17, 15) is 9.90 Å². The lowest BCUT2D eigenvalue weighted by molar-refractivity contribution is 0.0777. The largest absolute Gasteiger partial charge is 0.507 e. The van der Waals surface area contributed by atoms with Gasteiger partial charge in [-0.2, -0.15) is 0 Å². The molecule has 2 saturated heterocycles. The molecule has 1 unspecified atom stereocenters. The summed E-state index contributed by atoms with van der Waals surface area (Å²) in [4.78, 5) is 16.9. The molecule has 20 heavy (non-hydrogen) atoms. The Morgan fingerprint density at radius 2 is 2.00 bits per heavy atom. The molecule has 0 bridgehead atoms. The molecular weight excluding hydrogens is 252 g/mol. The summed E-state index contributed by atoms with van der Waals surface area (Å²) < 4.78 is 0. The average molecular weight is 274 g/mol. The molecule has 2 heterocycles. The number of phenolic OH excluding ortho intramolecular Hbond substituents is 1. The van der Waals surface area contributed by atoms with E-state index in [2.05, 4.69) is 4.90 Å². The molecule has 3 rings (SSSR count). The van der Waals surface area contributed by atoms with Crippen molar-refractivity contribution >= 4 is 5.91 Å². The van der Waals surface area contributed by atoms with E-state index in [1.54, 1.807) is 6.07 Å². The average Bonchev–Trinajstić information content (AvgIpc) is 3.11. The number of hydrogen-bond acceptors (Lipinski definition) is 3. The van der Waals surface area contributed by atoms with Gasteiger partial charge < -0.3 is 10.0 Å². The number of nitrogens with zero attached hydrogens (tertiary/aromatic N) is 2. The molecule has 0 spiro atoms. The van der Waals surface area contributed by atoms with Crippen molar-refractivity contribution in [2.75, 3.05) is 26.2 Å². The lowest BCUT2D eigenvalue weighted by Gasteiger charge is -2.23. The molecule has 2 aliphatic rings. The lowest BCUT2D eigenvalue weighted by Crippen LogP contribution is -2.37. The maximum atomic E-state index is 12.5. The molecule has 4 heteroatoms. The molecular formula is C16H22N2O2. The van der Waals surface area contributed by atoms with Crippen molar-refractivity contribution in [1.29, 1.82) is 0 Å². The van der Waals surface area contributed by atoms with Crippen LogP contribution in [0, 0.1) is 6.92 Å². The summed E-state index contributed by atoms with van der Waals surface area (Å²) in [5, 5.41) is 10.0. The van der Waals surface area contributed by atoms with Crippen molar-refractivity contribution in [2.45, 2.75) is 32.2 Å². The van der Waals surface area contributed by atoms with Crippen LogP contribution in [0.5, 0.6) is 5.75 Å². The third kappa shape index (κ3) is 2.40. The van der Waals surface area contributed by atoms with Gasteiger partial charge in [0.25, 0.3) is 5.91 Å². The number of likely N-dealkylation sites (tertiary alicyclic amines) is 2. The number of carbonyl (C=O) groups excluding carboxylic acids is 1. The highest BCUT2D eigenvalue weighted by Gasteiger charge is 2.32. The molecule has 0 radical (unpaired) electrons. The van der Waals surface area contributed by atoms with E-state index in [-0.39, 0.29) is 11.7 Å². The first kappa shape index (κ1) is 13.4. The zero-order valence-corrected chi connectivity index (χ0v) is 12.0. The Bertz CT molecular complexity index is 509. The second-order valence-corrected chi connectivity index (χ2v) is 5.91. The highest BCUT2D eigenvalue weighted by atomic mass is 16.3. The molecule has 4 nitrogen and oxygen atoms in total. The molecule has 1 aromatic carbocycles. The Kier molecular flexibility index (Phi) is 3.66. The van der Waals surface area contributed by atoms with Gasteiger partial charge in [0.1, 0.15) is 5.75 Å². The van der Waals surface area contributed by atoms with Crippen molar-refractivity contribution < 1.29 is 9.90 Å². The fraction of sp³-hybridized carbons (Fsp3) is 0.562. The molecule has 1 atom stereocenters. The van der Waals surface area contributed by atoms with Crippen LogP contribution >= 0.6 is 0 Å². The van der Waals surface area contributed by atoms with E-state index < -0.39 is 0 Å². The van der Waals surface area contributed by atoms with Crippen LogP contribution < -0.4 is 0 Å². The van der Waals surface area contributed by atoms with Crippen LogP contribution in [0.25, 0.3) is 0 Å². The highest BCUT2D eigenvalue weighted by molar-refractivity contribution is 5.97. The van der Waals surface area contributed by atoms with E-state index in [0.29, 0.717) is 11.6 Å². The van der Waals surface area contributed by atoms with Gasteiger partial charge in [-0.25, -0.2) is 0 Å². The summed E-state index contributed by atoms with van der Waals surface area (Å²) in [6.07, 6.45) is 3.62. The first-order valence-corrected chi connectivity index (χ1v) is 7.48. The molecule has 0 aliphatic carbocycles. The highest BCUT2D eigenvalue weighted by Crippen LogP contribution is 2.26. The molecule has 2 aliphatic heterocycles. The number of aromatic hydroxyl groups is 1. The first-order valence-electron chi connectivity index (χ1n) is 7.48. The smallest absolute Gasteiger partial charge is 0.257 e. The summed E-state index contributed by atoms with van der Waals surface area (Å²) in [5.41, 5.74) is 1.19. The van der Waals surface area contributed by atoms with E-state index in [0.717, 1.165) is 25.1 Å². The number of phenols is 1. The monoisotopic (exact) mass is 274 g/mol. The summed E-state index contributed by atoms with van der Waals surface area (Å²) in [7, 11) is 0. The summed E-state index contributed by atoms with van der Waals surface area (Å²) >= 11 is 0. The molecule has 0 aromatic heterocycles. The van der Waals surface area contributed by atoms with Crippen LogP contribution in [-0.2, 0) is 0 Å². The Morgan fingerprint density at radius 3 is 2.75 bits per heavy atom. The van der Waals surface area contributed by atoms with Gasteiger partial charge in [0.05, 0.1) is 5.56 Å². The quantitative estimate of drug-likeness (QED) is 0.897. The van der Waals surface area contributed by atoms with E-state index >= 15 is 0 Å².